The summed E-state index contributed by atoms with van der Waals surface area (Å²) in [5.74, 6) is -0.194. The maximum atomic E-state index is 13.9. The van der Waals surface area contributed by atoms with Crippen molar-refractivity contribution in [1.29, 1.82) is 0 Å². The van der Waals surface area contributed by atoms with Crippen LogP contribution in [0.15, 0.2) is 78.9 Å². The molecule has 3 aromatic rings. The normalized spacial score (nSPS) is 12.1. The van der Waals surface area contributed by atoms with Crippen LogP contribution in [0.4, 0.5) is 5.69 Å². The molecular formula is C32H40ClN3O4S. The molecule has 0 aliphatic carbocycles. The number of rotatable bonds is 14. The lowest BCUT2D eigenvalue weighted by atomic mass is 10.0. The molecule has 1 atom stereocenters. The minimum absolute atomic E-state index is 0.0776. The van der Waals surface area contributed by atoms with Crippen LogP contribution in [0.25, 0.3) is 0 Å². The van der Waals surface area contributed by atoms with Crippen LogP contribution < -0.4 is 9.62 Å². The molecule has 1 N–H and O–H groups in total. The Balaban J connectivity index is 1.87. The summed E-state index contributed by atoms with van der Waals surface area (Å²) in [5.41, 5.74) is 3.36. The van der Waals surface area contributed by atoms with Crippen molar-refractivity contribution in [1.82, 2.24) is 10.2 Å². The lowest BCUT2D eigenvalue weighted by molar-refractivity contribution is -0.141. The van der Waals surface area contributed by atoms with Gasteiger partial charge in [0.25, 0.3) is 0 Å². The summed E-state index contributed by atoms with van der Waals surface area (Å²) < 4.78 is 26.5. The first kappa shape index (κ1) is 32.2. The van der Waals surface area contributed by atoms with Crippen LogP contribution >= 0.6 is 11.6 Å². The van der Waals surface area contributed by atoms with Crippen LogP contribution in [-0.2, 0) is 32.6 Å². The Labute approximate surface area is 249 Å². The molecule has 7 nitrogen and oxygen atoms in total. The van der Waals surface area contributed by atoms with Gasteiger partial charge in [-0.15, -0.1) is 0 Å². The van der Waals surface area contributed by atoms with E-state index in [2.05, 4.69) is 5.32 Å². The third-order valence-electron chi connectivity index (χ3n) is 6.70. The minimum Gasteiger partial charge on any atom is -0.354 e. The Morgan fingerprint density at radius 1 is 0.902 bits per heavy atom. The highest BCUT2D eigenvalue weighted by Crippen LogP contribution is 2.21. The second-order valence-electron chi connectivity index (χ2n) is 10.8. The van der Waals surface area contributed by atoms with Gasteiger partial charge in [0.1, 0.15) is 6.04 Å². The molecule has 0 bridgehead atoms. The number of hydrogen-bond acceptors (Lipinski definition) is 4. The molecule has 3 aromatic carbocycles. The smallest absolute Gasteiger partial charge is 0.243 e. The summed E-state index contributed by atoms with van der Waals surface area (Å²) >= 11 is 6.10. The first-order valence-corrected chi connectivity index (χ1v) is 16.1. The van der Waals surface area contributed by atoms with Crippen molar-refractivity contribution in [2.24, 2.45) is 5.92 Å². The number of carbonyl (C=O) groups excluding carboxylic acids is 2. The van der Waals surface area contributed by atoms with E-state index in [1.807, 2.05) is 75.4 Å². The van der Waals surface area contributed by atoms with Gasteiger partial charge in [-0.25, -0.2) is 8.42 Å². The Hall–Kier alpha value is -3.36. The van der Waals surface area contributed by atoms with Gasteiger partial charge in [-0.1, -0.05) is 85.6 Å². The largest absolute Gasteiger partial charge is 0.354 e. The van der Waals surface area contributed by atoms with Crippen LogP contribution in [0, 0.1) is 12.8 Å². The molecule has 2 amide bonds. The van der Waals surface area contributed by atoms with Gasteiger partial charge in [-0.05, 0) is 54.7 Å². The average molecular weight is 598 g/mol. The van der Waals surface area contributed by atoms with Crippen molar-refractivity contribution in [2.75, 3.05) is 23.7 Å². The summed E-state index contributed by atoms with van der Waals surface area (Å²) in [5, 5.41) is 3.59. The molecule has 0 aliphatic heterocycles. The summed E-state index contributed by atoms with van der Waals surface area (Å²) in [6.07, 6.45) is 1.89. The Kier molecular flexibility index (Phi) is 11.8. The maximum absolute atomic E-state index is 13.9. The number of halogens is 1. The third-order valence-corrected chi connectivity index (χ3v) is 8.14. The second kappa shape index (κ2) is 15.0. The highest BCUT2D eigenvalue weighted by Gasteiger charge is 2.30. The Morgan fingerprint density at radius 3 is 2.12 bits per heavy atom. The van der Waals surface area contributed by atoms with E-state index >= 15 is 0 Å². The van der Waals surface area contributed by atoms with Gasteiger partial charge in [-0.2, -0.15) is 0 Å². The number of sulfonamides is 1. The van der Waals surface area contributed by atoms with Gasteiger partial charge in [0.2, 0.25) is 21.8 Å². The summed E-state index contributed by atoms with van der Waals surface area (Å²) in [6.45, 7) is 6.83. The zero-order chi connectivity index (χ0) is 30.0. The molecule has 220 valence electrons. The van der Waals surface area contributed by atoms with E-state index in [1.165, 1.54) is 4.31 Å². The molecule has 0 aliphatic rings. The Bertz CT molecular complexity index is 1380. The molecule has 0 radical (unpaired) electrons. The van der Waals surface area contributed by atoms with Crippen LogP contribution in [0.3, 0.4) is 0 Å². The molecule has 0 spiro atoms. The topological polar surface area (TPSA) is 86.8 Å². The van der Waals surface area contributed by atoms with Crippen LogP contribution in [0.5, 0.6) is 0 Å². The van der Waals surface area contributed by atoms with Gasteiger partial charge in [0.15, 0.2) is 0 Å². The van der Waals surface area contributed by atoms with Crippen molar-refractivity contribution >= 4 is 39.1 Å². The number of benzene rings is 3. The molecule has 41 heavy (non-hydrogen) atoms. The molecule has 0 fully saturated rings. The van der Waals surface area contributed by atoms with Crippen molar-refractivity contribution in [3.63, 3.8) is 0 Å². The van der Waals surface area contributed by atoms with Crippen molar-refractivity contribution < 1.29 is 18.0 Å². The molecule has 0 saturated carbocycles. The average Bonchev–Trinajstić information content (AvgIpc) is 2.93. The fourth-order valence-corrected chi connectivity index (χ4v) is 5.57. The number of carbonyl (C=O) groups is 2. The van der Waals surface area contributed by atoms with E-state index in [-0.39, 0.29) is 37.2 Å². The van der Waals surface area contributed by atoms with Gasteiger partial charge in [-0.3, -0.25) is 13.9 Å². The third kappa shape index (κ3) is 10.2. The number of hydrogen-bond donors (Lipinski definition) is 1. The van der Waals surface area contributed by atoms with Crippen molar-refractivity contribution in [3.8, 4) is 0 Å². The number of nitrogens with zero attached hydrogens (tertiary/aromatic N) is 2. The SMILES string of the molecule is Cc1ccc(N(CCCC(=O)N(Cc2ccc(Cl)cc2)[C@@H](Cc2ccccc2)C(=O)NCC(C)C)S(C)(=O)=O)cc1. The first-order valence-electron chi connectivity index (χ1n) is 13.8. The van der Waals surface area contributed by atoms with Crippen LogP contribution in [0.1, 0.15) is 43.4 Å². The molecule has 3 rings (SSSR count). The van der Waals surface area contributed by atoms with E-state index in [0.29, 0.717) is 30.1 Å². The molecule has 0 saturated heterocycles. The lowest BCUT2D eigenvalue weighted by Crippen LogP contribution is -2.51. The number of aryl methyl sites for hydroxylation is 1. The fourth-order valence-electron chi connectivity index (χ4n) is 4.48. The molecule has 0 unspecified atom stereocenters. The van der Waals surface area contributed by atoms with Gasteiger partial charge >= 0.3 is 0 Å². The molecule has 0 heterocycles. The molecule has 0 aromatic heterocycles. The van der Waals surface area contributed by atoms with Crippen molar-refractivity contribution in [3.05, 3.63) is 101 Å². The first-order chi connectivity index (χ1) is 19.4. The van der Waals surface area contributed by atoms with Gasteiger partial charge in [0.05, 0.1) is 11.9 Å². The standard InChI is InChI=1S/C32H40ClN3O4S/c1-24(2)22-34-32(38)30(21-26-9-6-5-7-10-26)35(23-27-14-16-28(33)17-15-27)31(37)11-8-20-36(41(4,39)40)29-18-12-25(3)13-19-29/h5-7,9-10,12-19,24,30H,8,11,20-23H2,1-4H3,(H,34,38)/t30-/m0/s1. The highest BCUT2D eigenvalue weighted by atomic mass is 35.5. The number of amides is 2. The lowest BCUT2D eigenvalue weighted by Gasteiger charge is -2.32. The number of nitrogens with one attached hydrogen (secondary N) is 1. The molecular weight excluding hydrogens is 558 g/mol. The predicted octanol–water partition coefficient (Wildman–Crippen LogP) is 5.61. The van der Waals surface area contributed by atoms with Gasteiger partial charge < -0.3 is 10.2 Å². The molecule has 9 heteroatoms. The predicted molar refractivity (Wildman–Crippen MR) is 166 cm³/mol. The fraction of sp³-hybridized carbons (Fsp3) is 0.375. The highest BCUT2D eigenvalue weighted by molar-refractivity contribution is 7.92. The zero-order valence-electron chi connectivity index (χ0n) is 24.2. The summed E-state index contributed by atoms with van der Waals surface area (Å²) in [4.78, 5) is 29.0. The van der Waals surface area contributed by atoms with Gasteiger partial charge in [0, 0.05) is 37.5 Å². The summed E-state index contributed by atoms with van der Waals surface area (Å²) in [7, 11) is -3.56. The summed E-state index contributed by atoms with van der Waals surface area (Å²) in [6, 6.07) is 23.3. The van der Waals surface area contributed by atoms with Crippen LogP contribution in [-0.4, -0.2) is 50.5 Å². The minimum atomic E-state index is -3.56. The van der Waals surface area contributed by atoms with Crippen LogP contribution in [0.2, 0.25) is 5.02 Å². The van der Waals surface area contributed by atoms with E-state index in [0.717, 1.165) is 22.9 Å². The quantitative estimate of drug-likeness (QED) is 0.262. The van der Waals surface area contributed by atoms with E-state index < -0.39 is 16.1 Å². The van der Waals surface area contributed by atoms with E-state index in [4.69, 9.17) is 11.6 Å². The monoisotopic (exact) mass is 597 g/mol. The maximum Gasteiger partial charge on any atom is 0.243 e. The Morgan fingerprint density at radius 2 is 1.54 bits per heavy atom. The number of anilines is 1. The van der Waals surface area contributed by atoms with Crippen molar-refractivity contribution in [2.45, 2.75) is 52.6 Å². The second-order valence-corrected chi connectivity index (χ2v) is 13.1. The van der Waals surface area contributed by atoms with E-state index in [1.54, 1.807) is 29.2 Å². The van der Waals surface area contributed by atoms with E-state index in [9.17, 15) is 18.0 Å². The zero-order valence-corrected chi connectivity index (χ0v) is 25.8.